The van der Waals surface area contributed by atoms with Crippen molar-refractivity contribution in [1.82, 2.24) is 10.2 Å². The van der Waals surface area contributed by atoms with Gasteiger partial charge in [-0.3, -0.25) is 0 Å². The standard InChI is InChI=1S/C10H10N2O4/c1-14-6-3-4-8(15-2)7(5-6)9-11-12-10(13)16-9/h3-5H,1-2H3,(H,12,13). The molecule has 0 aliphatic carbocycles. The molecule has 0 spiro atoms. The summed E-state index contributed by atoms with van der Waals surface area (Å²) < 4.78 is 15.1. The highest BCUT2D eigenvalue weighted by Crippen LogP contribution is 2.31. The highest BCUT2D eigenvalue weighted by Gasteiger charge is 2.12. The van der Waals surface area contributed by atoms with Crippen LogP contribution in [0, 0.1) is 0 Å². The summed E-state index contributed by atoms with van der Waals surface area (Å²) in [5, 5.41) is 5.92. The summed E-state index contributed by atoms with van der Waals surface area (Å²) in [6.07, 6.45) is 0. The van der Waals surface area contributed by atoms with E-state index < -0.39 is 5.76 Å². The summed E-state index contributed by atoms with van der Waals surface area (Å²) in [5.41, 5.74) is 0.556. The van der Waals surface area contributed by atoms with E-state index in [0.29, 0.717) is 17.1 Å². The molecule has 6 nitrogen and oxygen atoms in total. The molecular formula is C10H10N2O4. The Morgan fingerprint density at radius 3 is 2.69 bits per heavy atom. The molecule has 2 aromatic rings. The maximum Gasteiger partial charge on any atom is 0.434 e. The third-order valence-corrected chi connectivity index (χ3v) is 2.08. The highest BCUT2D eigenvalue weighted by atomic mass is 16.5. The maximum atomic E-state index is 10.9. The van der Waals surface area contributed by atoms with Gasteiger partial charge in [0.05, 0.1) is 19.8 Å². The molecule has 1 heterocycles. The van der Waals surface area contributed by atoms with Crippen LogP contribution in [-0.4, -0.2) is 24.4 Å². The van der Waals surface area contributed by atoms with Crippen molar-refractivity contribution in [2.24, 2.45) is 0 Å². The summed E-state index contributed by atoms with van der Waals surface area (Å²) >= 11 is 0. The number of benzene rings is 1. The molecule has 0 unspecified atom stereocenters. The van der Waals surface area contributed by atoms with Crippen LogP contribution in [0.5, 0.6) is 11.5 Å². The van der Waals surface area contributed by atoms with E-state index >= 15 is 0 Å². The van der Waals surface area contributed by atoms with Gasteiger partial charge in [0.1, 0.15) is 11.5 Å². The lowest BCUT2D eigenvalue weighted by atomic mass is 10.2. The fourth-order valence-corrected chi connectivity index (χ4v) is 1.33. The smallest absolute Gasteiger partial charge is 0.434 e. The van der Waals surface area contributed by atoms with Gasteiger partial charge in [-0.2, -0.15) is 0 Å². The number of nitrogens with zero attached hydrogens (tertiary/aromatic N) is 1. The average Bonchev–Trinajstić information content (AvgIpc) is 2.75. The second kappa shape index (κ2) is 4.09. The number of hydrogen-bond acceptors (Lipinski definition) is 5. The van der Waals surface area contributed by atoms with Crippen molar-refractivity contribution >= 4 is 0 Å². The number of nitrogens with one attached hydrogen (secondary N) is 1. The van der Waals surface area contributed by atoms with Gasteiger partial charge in [0, 0.05) is 0 Å². The molecule has 1 aromatic carbocycles. The molecule has 0 aliphatic rings. The van der Waals surface area contributed by atoms with Gasteiger partial charge in [0.15, 0.2) is 0 Å². The molecule has 0 aliphatic heterocycles. The number of aromatic nitrogens is 2. The first-order chi connectivity index (χ1) is 7.74. The van der Waals surface area contributed by atoms with Crippen molar-refractivity contribution in [3.8, 4) is 23.0 Å². The molecule has 2 rings (SSSR count). The lowest BCUT2D eigenvalue weighted by Gasteiger charge is -2.06. The molecule has 6 heteroatoms. The molecule has 0 atom stereocenters. The molecule has 16 heavy (non-hydrogen) atoms. The van der Waals surface area contributed by atoms with Crippen molar-refractivity contribution in [1.29, 1.82) is 0 Å². The van der Waals surface area contributed by atoms with Gasteiger partial charge in [-0.1, -0.05) is 0 Å². The van der Waals surface area contributed by atoms with Crippen LogP contribution in [0.4, 0.5) is 0 Å². The number of hydrogen-bond donors (Lipinski definition) is 1. The molecule has 0 fully saturated rings. The monoisotopic (exact) mass is 222 g/mol. The number of aromatic amines is 1. The zero-order chi connectivity index (χ0) is 11.5. The normalized spacial score (nSPS) is 10.1. The molecule has 1 N–H and O–H groups in total. The minimum atomic E-state index is -0.611. The van der Waals surface area contributed by atoms with Crippen LogP contribution in [0.25, 0.3) is 11.5 Å². The topological polar surface area (TPSA) is 77.4 Å². The number of ether oxygens (including phenoxy) is 2. The zero-order valence-electron chi connectivity index (χ0n) is 8.81. The molecule has 0 saturated carbocycles. The lowest BCUT2D eigenvalue weighted by Crippen LogP contribution is -1.93. The minimum Gasteiger partial charge on any atom is -0.497 e. The number of H-pyrrole nitrogens is 1. The van der Waals surface area contributed by atoms with Crippen LogP contribution in [0.15, 0.2) is 27.4 Å². The van der Waals surface area contributed by atoms with Crippen LogP contribution in [-0.2, 0) is 0 Å². The van der Waals surface area contributed by atoms with E-state index in [9.17, 15) is 4.79 Å². The largest absolute Gasteiger partial charge is 0.497 e. The Hall–Kier alpha value is -2.24. The van der Waals surface area contributed by atoms with E-state index in [4.69, 9.17) is 13.9 Å². The van der Waals surface area contributed by atoms with E-state index in [0.717, 1.165) is 0 Å². The first kappa shape index (κ1) is 10.3. The Bertz CT molecular complexity index is 544. The minimum absolute atomic E-state index is 0.167. The summed E-state index contributed by atoms with van der Waals surface area (Å²) in [5.74, 6) is 0.734. The van der Waals surface area contributed by atoms with Gasteiger partial charge in [0.25, 0.3) is 5.89 Å². The van der Waals surface area contributed by atoms with Gasteiger partial charge >= 0.3 is 5.76 Å². The Morgan fingerprint density at radius 2 is 2.12 bits per heavy atom. The van der Waals surface area contributed by atoms with Gasteiger partial charge in [-0.15, -0.1) is 5.10 Å². The molecule has 0 radical (unpaired) electrons. The van der Waals surface area contributed by atoms with Gasteiger partial charge < -0.3 is 13.9 Å². The fourth-order valence-electron chi connectivity index (χ4n) is 1.33. The molecule has 0 saturated heterocycles. The van der Waals surface area contributed by atoms with Crippen molar-refractivity contribution < 1.29 is 13.9 Å². The van der Waals surface area contributed by atoms with Crippen molar-refractivity contribution in [3.05, 3.63) is 28.7 Å². The van der Waals surface area contributed by atoms with Crippen LogP contribution < -0.4 is 15.2 Å². The Kier molecular flexibility index (Phi) is 2.63. The van der Waals surface area contributed by atoms with Crippen molar-refractivity contribution in [3.63, 3.8) is 0 Å². The second-order valence-electron chi connectivity index (χ2n) is 2.98. The number of rotatable bonds is 3. The third kappa shape index (κ3) is 1.77. The van der Waals surface area contributed by atoms with E-state index in [1.54, 1.807) is 25.3 Å². The Labute approximate surface area is 90.8 Å². The highest BCUT2D eigenvalue weighted by molar-refractivity contribution is 5.64. The number of methoxy groups -OCH3 is 2. The molecular weight excluding hydrogens is 212 g/mol. The predicted octanol–water partition coefficient (Wildman–Crippen LogP) is 1.05. The second-order valence-corrected chi connectivity index (χ2v) is 2.98. The van der Waals surface area contributed by atoms with Crippen LogP contribution in [0.1, 0.15) is 0 Å². The van der Waals surface area contributed by atoms with E-state index in [1.165, 1.54) is 7.11 Å². The molecule has 0 bridgehead atoms. The summed E-state index contributed by atoms with van der Waals surface area (Å²) in [7, 11) is 3.07. The first-order valence-electron chi connectivity index (χ1n) is 4.52. The quantitative estimate of drug-likeness (QED) is 0.839. The summed E-state index contributed by atoms with van der Waals surface area (Å²) in [4.78, 5) is 10.9. The Balaban J connectivity index is 2.56. The average molecular weight is 222 g/mol. The van der Waals surface area contributed by atoms with Crippen LogP contribution in [0.2, 0.25) is 0 Å². The summed E-state index contributed by atoms with van der Waals surface area (Å²) in [6.45, 7) is 0. The van der Waals surface area contributed by atoms with E-state index in [1.807, 2.05) is 0 Å². The summed E-state index contributed by atoms with van der Waals surface area (Å²) in [6, 6.07) is 5.13. The van der Waals surface area contributed by atoms with Crippen molar-refractivity contribution in [2.75, 3.05) is 14.2 Å². The molecule has 1 aromatic heterocycles. The van der Waals surface area contributed by atoms with Crippen LogP contribution in [0.3, 0.4) is 0 Å². The fraction of sp³-hybridized carbons (Fsp3) is 0.200. The van der Waals surface area contributed by atoms with E-state index in [-0.39, 0.29) is 5.89 Å². The van der Waals surface area contributed by atoms with E-state index in [2.05, 4.69) is 10.2 Å². The zero-order valence-corrected chi connectivity index (χ0v) is 8.81. The molecule has 0 amide bonds. The Morgan fingerprint density at radius 1 is 1.31 bits per heavy atom. The first-order valence-corrected chi connectivity index (χ1v) is 4.52. The van der Waals surface area contributed by atoms with Crippen LogP contribution >= 0.6 is 0 Å². The lowest BCUT2D eigenvalue weighted by molar-refractivity contribution is 0.402. The van der Waals surface area contributed by atoms with Gasteiger partial charge in [-0.25, -0.2) is 9.89 Å². The van der Waals surface area contributed by atoms with Crippen molar-refractivity contribution in [2.45, 2.75) is 0 Å². The van der Waals surface area contributed by atoms with Gasteiger partial charge in [-0.05, 0) is 18.2 Å². The predicted molar refractivity (Wildman–Crippen MR) is 55.7 cm³/mol. The SMILES string of the molecule is COc1ccc(OC)c(-c2n[nH]c(=O)o2)c1. The van der Waals surface area contributed by atoms with Gasteiger partial charge in [0.2, 0.25) is 0 Å². The maximum absolute atomic E-state index is 10.9. The third-order valence-electron chi connectivity index (χ3n) is 2.08. The molecule has 84 valence electrons.